The van der Waals surface area contributed by atoms with E-state index >= 15 is 0 Å². The summed E-state index contributed by atoms with van der Waals surface area (Å²) in [6.07, 6.45) is 3.15. The minimum atomic E-state index is -0.560. The van der Waals surface area contributed by atoms with Crippen molar-refractivity contribution in [2.24, 2.45) is 0 Å². The van der Waals surface area contributed by atoms with Gasteiger partial charge < -0.3 is 19.7 Å². The zero-order valence-corrected chi connectivity index (χ0v) is 23.9. The van der Waals surface area contributed by atoms with Gasteiger partial charge in [0.05, 0.1) is 23.8 Å². The summed E-state index contributed by atoms with van der Waals surface area (Å²) in [4.78, 5) is 47.2. The molecule has 0 bridgehead atoms. The van der Waals surface area contributed by atoms with Gasteiger partial charge in [-0.2, -0.15) is 0 Å². The number of amides is 1. The summed E-state index contributed by atoms with van der Waals surface area (Å²) in [5.74, 6) is -1.20. The maximum Gasteiger partial charge on any atom is 0.341 e. The van der Waals surface area contributed by atoms with Crippen LogP contribution in [0.1, 0.15) is 60.3 Å². The quantitative estimate of drug-likeness (QED) is 0.321. The second-order valence-corrected chi connectivity index (χ2v) is 11.7. The Kier molecular flexibility index (Phi) is 7.55. The number of nitrogens with zero attached hydrogens (tertiary/aromatic N) is 2. The number of carbonyl (C=O) groups is 3. The molecular formula is C32H31N3O5S. The van der Waals surface area contributed by atoms with Crippen LogP contribution in [0.4, 0.5) is 5.00 Å². The number of nitrogens with one attached hydrogen (secondary N) is 1. The van der Waals surface area contributed by atoms with Gasteiger partial charge >= 0.3 is 11.9 Å². The van der Waals surface area contributed by atoms with Crippen molar-refractivity contribution < 1.29 is 23.9 Å². The van der Waals surface area contributed by atoms with Crippen LogP contribution in [-0.2, 0) is 40.1 Å². The topological polar surface area (TPSA) is 97.8 Å². The zero-order chi connectivity index (χ0) is 28.5. The van der Waals surface area contributed by atoms with Crippen LogP contribution in [0.2, 0.25) is 0 Å². The Morgan fingerprint density at radius 1 is 1.00 bits per heavy atom. The average molecular weight is 570 g/mol. The predicted molar refractivity (Wildman–Crippen MR) is 158 cm³/mol. The van der Waals surface area contributed by atoms with Crippen molar-refractivity contribution in [2.75, 3.05) is 32.6 Å². The molecule has 210 valence electrons. The number of para-hydroxylation sites is 1. The van der Waals surface area contributed by atoms with Crippen LogP contribution in [-0.4, -0.2) is 55.0 Å². The first-order valence-corrected chi connectivity index (χ1v) is 14.6. The number of rotatable bonds is 6. The van der Waals surface area contributed by atoms with Gasteiger partial charge in [-0.15, -0.1) is 11.3 Å². The molecule has 0 spiro atoms. The highest BCUT2D eigenvalue weighted by molar-refractivity contribution is 7.17. The number of anilines is 1. The number of esters is 2. The maximum atomic E-state index is 13.4. The fourth-order valence-corrected chi connectivity index (χ4v) is 7.26. The summed E-state index contributed by atoms with van der Waals surface area (Å²) in [5, 5.41) is 3.97. The molecule has 0 saturated heterocycles. The van der Waals surface area contributed by atoms with Crippen molar-refractivity contribution in [3.8, 4) is 0 Å². The largest absolute Gasteiger partial charge is 0.465 e. The minimum Gasteiger partial charge on any atom is -0.465 e. The van der Waals surface area contributed by atoms with E-state index in [4.69, 9.17) is 14.5 Å². The summed E-state index contributed by atoms with van der Waals surface area (Å²) in [7, 11) is 3.34. The van der Waals surface area contributed by atoms with Gasteiger partial charge in [0.2, 0.25) is 0 Å². The number of hydrogen-bond acceptors (Lipinski definition) is 8. The highest BCUT2D eigenvalue weighted by atomic mass is 32.1. The van der Waals surface area contributed by atoms with Crippen molar-refractivity contribution in [2.45, 2.75) is 38.1 Å². The molecule has 1 N–H and O–H groups in total. The van der Waals surface area contributed by atoms with Crippen molar-refractivity contribution >= 4 is 45.1 Å². The maximum absolute atomic E-state index is 13.4. The first-order valence-electron chi connectivity index (χ1n) is 13.8. The lowest BCUT2D eigenvalue weighted by Crippen LogP contribution is -2.30. The van der Waals surface area contributed by atoms with Crippen molar-refractivity contribution in [3.05, 3.63) is 93.0 Å². The molecule has 1 unspecified atom stereocenters. The van der Waals surface area contributed by atoms with Gasteiger partial charge in [-0.05, 0) is 49.4 Å². The minimum absolute atomic E-state index is 0.345. The third kappa shape index (κ3) is 5.35. The number of ether oxygens (including phenoxy) is 2. The number of aromatic nitrogens is 1. The summed E-state index contributed by atoms with van der Waals surface area (Å²) in [6.45, 7) is 0.960. The van der Waals surface area contributed by atoms with Crippen LogP contribution in [0, 0.1) is 0 Å². The molecule has 2 aromatic heterocycles. The van der Waals surface area contributed by atoms with Gasteiger partial charge in [-0.1, -0.05) is 48.5 Å². The second-order valence-electron chi connectivity index (χ2n) is 10.6. The third-order valence-electron chi connectivity index (χ3n) is 7.95. The van der Waals surface area contributed by atoms with E-state index in [1.165, 1.54) is 24.0 Å². The lowest BCUT2D eigenvalue weighted by molar-refractivity contribution is -0.119. The van der Waals surface area contributed by atoms with Gasteiger partial charge in [0, 0.05) is 41.0 Å². The number of fused-ring (bicyclic) bond motifs is 3. The Hall–Kier alpha value is -4.08. The fourth-order valence-electron chi connectivity index (χ4n) is 5.93. The standard InChI is InChI=1S/C32H31N3O5S/c1-35-15-14-25-23(17-35)28(21-10-6-7-11-24(21)33-25)32(38)40-18-27(36)34-30-29(31(37)39-2)22-13-12-20(16-26(22)41-30)19-8-4-3-5-9-19/h3-11,20H,12-18H2,1-2H3,(H,34,36). The van der Waals surface area contributed by atoms with Crippen LogP contribution < -0.4 is 5.32 Å². The summed E-state index contributed by atoms with van der Waals surface area (Å²) in [5.41, 5.74) is 5.51. The number of methoxy groups -OCH3 is 1. The average Bonchev–Trinajstić information content (AvgIpc) is 3.35. The van der Waals surface area contributed by atoms with Crippen LogP contribution >= 0.6 is 11.3 Å². The summed E-state index contributed by atoms with van der Waals surface area (Å²) in [6, 6.07) is 17.8. The summed E-state index contributed by atoms with van der Waals surface area (Å²) >= 11 is 1.40. The summed E-state index contributed by atoms with van der Waals surface area (Å²) < 4.78 is 10.6. The van der Waals surface area contributed by atoms with E-state index < -0.39 is 24.5 Å². The van der Waals surface area contributed by atoms with Crippen LogP contribution in [0.25, 0.3) is 10.9 Å². The molecule has 1 atom stereocenters. The fraction of sp³-hybridized carbons (Fsp3) is 0.312. The molecule has 4 aromatic rings. The van der Waals surface area contributed by atoms with E-state index in [1.807, 2.05) is 49.5 Å². The number of hydrogen-bond donors (Lipinski definition) is 1. The lowest BCUT2D eigenvalue weighted by Gasteiger charge is -2.26. The molecule has 2 aliphatic rings. The van der Waals surface area contributed by atoms with Crippen molar-refractivity contribution in [3.63, 3.8) is 0 Å². The highest BCUT2D eigenvalue weighted by Crippen LogP contribution is 2.42. The van der Waals surface area contributed by atoms with E-state index in [9.17, 15) is 14.4 Å². The third-order valence-corrected chi connectivity index (χ3v) is 9.12. The van der Waals surface area contributed by atoms with E-state index in [-0.39, 0.29) is 0 Å². The second kappa shape index (κ2) is 11.4. The smallest absolute Gasteiger partial charge is 0.341 e. The Labute approximate surface area is 242 Å². The zero-order valence-electron chi connectivity index (χ0n) is 23.1. The molecule has 3 heterocycles. The molecule has 8 nitrogen and oxygen atoms in total. The van der Waals surface area contributed by atoms with E-state index in [1.54, 1.807) is 0 Å². The van der Waals surface area contributed by atoms with Crippen molar-refractivity contribution in [1.29, 1.82) is 0 Å². The van der Waals surface area contributed by atoms with Crippen LogP contribution in [0.15, 0.2) is 54.6 Å². The van der Waals surface area contributed by atoms with Gasteiger partial charge in [0.15, 0.2) is 6.61 Å². The van der Waals surface area contributed by atoms with Gasteiger partial charge in [-0.3, -0.25) is 9.78 Å². The number of carbonyl (C=O) groups excluding carboxylic acids is 3. The lowest BCUT2D eigenvalue weighted by atomic mass is 9.83. The first-order chi connectivity index (χ1) is 19.9. The number of likely N-dealkylation sites (N-methyl/N-ethyl adjacent to an activating group) is 1. The normalized spacial score (nSPS) is 16.5. The molecule has 41 heavy (non-hydrogen) atoms. The predicted octanol–water partition coefficient (Wildman–Crippen LogP) is 5.14. The molecule has 0 radical (unpaired) electrons. The molecule has 0 saturated carbocycles. The molecule has 1 amide bonds. The van der Waals surface area contributed by atoms with E-state index in [0.717, 1.165) is 59.4 Å². The van der Waals surface area contributed by atoms with Crippen LogP contribution in [0.5, 0.6) is 0 Å². The molecule has 9 heteroatoms. The molecule has 6 rings (SSSR count). The Balaban J connectivity index is 1.21. The first kappa shape index (κ1) is 27.1. The van der Waals surface area contributed by atoms with Gasteiger partial charge in [-0.25, -0.2) is 9.59 Å². The molecule has 2 aromatic carbocycles. The number of thiophene rings is 1. The number of benzene rings is 2. The highest BCUT2D eigenvalue weighted by Gasteiger charge is 2.31. The molecule has 0 fully saturated rings. The number of pyridine rings is 1. The Morgan fingerprint density at radius 2 is 1.78 bits per heavy atom. The monoisotopic (exact) mass is 569 g/mol. The van der Waals surface area contributed by atoms with E-state index in [2.05, 4.69) is 22.3 Å². The Bertz CT molecular complexity index is 1650. The van der Waals surface area contributed by atoms with Crippen molar-refractivity contribution in [1.82, 2.24) is 9.88 Å². The van der Waals surface area contributed by atoms with Crippen LogP contribution in [0.3, 0.4) is 0 Å². The molecule has 1 aliphatic heterocycles. The molecular weight excluding hydrogens is 538 g/mol. The van der Waals surface area contributed by atoms with Gasteiger partial charge in [0.25, 0.3) is 5.91 Å². The SMILES string of the molecule is COC(=O)c1c(NC(=O)COC(=O)c2c3c(nc4ccccc24)CCN(C)C3)sc2c1CCC(c1ccccc1)C2. The Morgan fingerprint density at radius 3 is 2.59 bits per heavy atom. The van der Waals surface area contributed by atoms with E-state index in [0.29, 0.717) is 34.0 Å². The molecule has 1 aliphatic carbocycles. The van der Waals surface area contributed by atoms with Gasteiger partial charge in [0.1, 0.15) is 5.00 Å².